The maximum Gasteiger partial charge on any atom is 0.254 e. The Morgan fingerprint density at radius 2 is 1.64 bits per heavy atom. The van der Waals surface area contributed by atoms with Crippen molar-refractivity contribution in [2.24, 2.45) is 5.10 Å². The highest BCUT2D eigenvalue weighted by atomic mass is 32.2. The first-order valence-corrected chi connectivity index (χ1v) is 16.7. The van der Waals surface area contributed by atoms with E-state index in [1.165, 1.54) is 35.0 Å². The molecule has 2 heterocycles. The topological polar surface area (TPSA) is 120 Å². The lowest BCUT2D eigenvalue weighted by atomic mass is 9.97. The van der Waals surface area contributed by atoms with Crippen molar-refractivity contribution in [1.82, 2.24) is 25.1 Å². The van der Waals surface area contributed by atoms with Crippen molar-refractivity contribution in [3.8, 4) is 17.2 Å². The second-order valence-electron chi connectivity index (χ2n) is 11.2. The molecule has 1 atom stereocenters. The molecule has 1 aliphatic rings. The number of methoxy groups -OCH3 is 3. The number of carbonyl (C=O) groups excluding carboxylic acids is 2. The van der Waals surface area contributed by atoms with E-state index in [0.717, 1.165) is 22.4 Å². The van der Waals surface area contributed by atoms with Gasteiger partial charge in [0.2, 0.25) is 0 Å². The van der Waals surface area contributed by atoms with Crippen molar-refractivity contribution < 1.29 is 28.2 Å². The minimum Gasteiger partial charge on any atom is -0.497 e. The first-order chi connectivity index (χ1) is 24.4. The third-order valence-electron chi connectivity index (χ3n) is 8.21. The fraction of sp³-hybridized carbons (Fsp3) is 0.216. The Morgan fingerprint density at radius 1 is 0.880 bits per heavy atom. The van der Waals surface area contributed by atoms with Crippen molar-refractivity contribution in [3.63, 3.8) is 0 Å². The Morgan fingerprint density at radius 3 is 2.36 bits per heavy atom. The third kappa shape index (κ3) is 7.47. The Kier molecular flexibility index (Phi) is 10.7. The molecule has 13 heteroatoms. The van der Waals surface area contributed by atoms with Gasteiger partial charge in [-0.3, -0.25) is 9.59 Å². The molecule has 5 aromatic rings. The number of hydrogen-bond donors (Lipinski definition) is 1. The summed E-state index contributed by atoms with van der Waals surface area (Å²) in [5, 5.41) is 18.3. The minimum atomic E-state index is -0.616. The molecule has 0 saturated carbocycles. The lowest BCUT2D eigenvalue weighted by Gasteiger charge is -2.24. The van der Waals surface area contributed by atoms with Crippen LogP contribution in [0.25, 0.3) is 0 Å². The van der Waals surface area contributed by atoms with Crippen molar-refractivity contribution in [2.45, 2.75) is 30.7 Å². The van der Waals surface area contributed by atoms with Crippen LogP contribution in [0.3, 0.4) is 0 Å². The van der Waals surface area contributed by atoms with Gasteiger partial charge in [-0.2, -0.15) is 5.10 Å². The molecule has 0 bridgehead atoms. The lowest BCUT2D eigenvalue weighted by molar-refractivity contribution is -0.130. The number of aromatic nitrogens is 3. The highest BCUT2D eigenvalue weighted by Crippen LogP contribution is 2.42. The Labute approximate surface area is 293 Å². The van der Waals surface area contributed by atoms with E-state index in [2.05, 4.69) is 15.5 Å². The molecule has 4 aromatic carbocycles. The summed E-state index contributed by atoms with van der Waals surface area (Å²) in [5.41, 5.74) is 3.27. The van der Waals surface area contributed by atoms with Gasteiger partial charge in [0.05, 0.1) is 57.5 Å². The van der Waals surface area contributed by atoms with Crippen LogP contribution in [0.1, 0.15) is 45.3 Å². The Bertz CT molecular complexity index is 2000. The molecule has 0 radical (unpaired) electrons. The second-order valence-corrected chi connectivity index (χ2v) is 12.2. The van der Waals surface area contributed by atoms with Crippen LogP contribution in [0.15, 0.2) is 107 Å². The normalized spacial score (nSPS) is 13.9. The van der Waals surface area contributed by atoms with Gasteiger partial charge in [-0.1, -0.05) is 66.4 Å². The molecule has 0 saturated heterocycles. The number of carbonyl (C=O) groups is 2. The van der Waals surface area contributed by atoms with Gasteiger partial charge in [-0.15, -0.1) is 10.2 Å². The molecule has 0 fully saturated rings. The van der Waals surface area contributed by atoms with E-state index in [1.807, 2.05) is 71.3 Å². The molecule has 1 aromatic heterocycles. The number of benzene rings is 4. The summed E-state index contributed by atoms with van der Waals surface area (Å²) in [6.07, 6.45) is 0.447. The van der Waals surface area contributed by atoms with Gasteiger partial charge >= 0.3 is 0 Å². The van der Waals surface area contributed by atoms with Crippen LogP contribution in [-0.2, 0) is 17.9 Å². The van der Waals surface area contributed by atoms with Gasteiger partial charge in [-0.05, 0) is 53.6 Å². The average Bonchev–Trinajstić information content (AvgIpc) is 3.77. The van der Waals surface area contributed by atoms with Gasteiger partial charge in [0.15, 0.2) is 22.5 Å². The van der Waals surface area contributed by atoms with Crippen LogP contribution in [0.2, 0.25) is 0 Å². The van der Waals surface area contributed by atoms with Gasteiger partial charge in [0, 0.05) is 12.0 Å². The molecule has 256 valence electrons. The summed E-state index contributed by atoms with van der Waals surface area (Å²) < 4.78 is 32.7. The van der Waals surface area contributed by atoms with E-state index >= 15 is 0 Å². The summed E-state index contributed by atoms with van der Waals surface area (Å²) in [4.78, 5) is 26.8. The molecular formula is C37H35FN6O5S. The highest BCUT2D eigenvalue weighted by molar-refractivity contribution is 7.99. The van der Waals surface area contributed by atoms with Crippen LogP contribution < -0.4 is 19.5 Å². The predicted molar refractivity (Wildman–Crippen MR) is 187 cm³/mol. The molecule has 0 aliphatic carbocycles. The molecule has 0 unspecified atom stereocenters. The number of thioether (sulfide) groups is 1. The Balaban J connectivity index is 1.26. The zero-order chi connectivity index (χ0) is 35.0. The summed E-state index contributed by atoms with van der Waals surface area (Å²) >= 11 is 1.22. The number of ether oxygens (including phenoxy) is 3. The molecule has 1 N–H and O–H groups in total. The van der Waals surface area contributed by atoms with E-state index in [1.54, 1.807) is 33.5 Å². The summed E-state index contributed by atoms with van der Waals surface area (Å²) in [7, 11) is 4.75. The van der Waals surface area contributed by atoms with E-state index in [-0.39, 0.29) is 23.8 Å². The fourth-order valence-electron chi connectivity index (χ4n) is 5.69. The number of para-hydroxylation sites is 1. The smallest absolute Gasteiger partial charge is 0.254 e. The molecule has 50 heavy (non-hydrogen) atoms. The molecule has 11 nitrogen and oxygen atoms in total. The van der Waals surface area contributed by atoms with Gasteiger partial charge in [-0.25, -0.2) is 9.40 Å². The number of hydrazone groups is 1. The molecule has 6 rings (SSSR count). The lowest BCUT2D eigenvalue weighted by Crippen LogP contribution is -2.29. The molecular weight excluding hydrogens is 660 g/mol. The summed E-state index contributed by atoms with van der Waals surface area (Å²) in [6, 6.07) is 28.1. The SMILES string of the molecule is COc1ccc(C2=NN(C(=O)CSc3nnc(CNC(=O)c4ccccc4F)n3Cc3ccccc3)[C@H](c3cccc(OC)c3OC)C2)cc1. The maximum absolute atomic E-state index is 14.2. The first kappa shape index (κ1) is 34.2. The second kappa shape index (κ2) is 15.7. The number of rotatable bonds is 13. The number of hydrogen-bond acceptors (Lipinski definition) is 9. The number of nitrogens with one attached hydrogen (secondary N) is 1. The van der Waals surface area contributed by atoms with Crippen molar-refractivity contribution in [2.75, 3.05) is 27.1 Å². The standard InChI is InChI=1S/C37H35FN6O5S/c1-47-26-18-16-25(17-19-26)30-20-31(28-13-9-15-32(48-2)35(28)49-3)44(42-30)34(45)23-50-37-41-40-33(43(37)22-24-10-5-4-6-11-24)21-39-36(46)27-12-7-8-14-29(27)38/h4-19,31H,20-23H2,1-3H3,(H,39,46)/t31-/m0/s1. The largest absolute Gasteiger partial charge is 0.497 e. The predicted octanol–water partition coefficient (Wildman–Crippen LogP) is 5.89. The molecule has 1 aliphatic heterocycles. The van der Waals surface area contributed by atoms with Gasteiger partial charge < -0.3 is 24.1 Å². The molecule has 0 spiro atoms. The van der Waals surface area contributed by atoms with Crippen LogP contribution in [0.5, 0.6) is 17.2 Å². The van der Waals surface area contributed by atoms with E-state index in [9.17, 15) is 14.0 Å². The van der Waals surface area contributed by atoms with Crippen molar-refractivity contribution in [3.05, 3.63) is 131 Å². The maximum atomic E-state index is 14.2. The third-order valence-corrected chi connectivity index (χ3v) is 9.16. The van der Waals surface area contributed by atoms with Crippen LogP contribution in [0, 0.1) is 5.82 Å². The summed E-state index contributed by atoms with van der Waals surface area (Å²) in [5.74, 6) is 0.806. The van der Waals surface area contributed by atoms with Crippen LogP contribution in [0.4, 0.5) is 4.39 Å². The van der Waals surface area contributed by atoms with Gasteiger partial charge in [0.1, 0.15) is 11.6 Å². The van der Waals surface area contributed by atoms with E-state index in [4.69, 9.17) is 19.3 Å². The molecule has 2 amide bonds. The summed E-state index contributed by atoms with van der Waals surface area (Å²) in [6.45, 7) is 0.392. The fourth-order valence-corrected chi connectivity index (χ4v) is 6.50. The van der Waals surface area contributed by atoms with Crippen LogP contribution >= 0.6 is 11.8 Å². The van der Waals surface area contributed by atoms with Crippen molar-refractivity contribution in [1.29, 1.82) is 0 Å². The zero-order valence-electron chi connectivity index (χ0n) is 27.7. The minimum absolute atomic E-state index is 0.000849. The Hall–Kier alpha value is -5.69. The average molecular weight is 695 g/mol. The zero-order valence-corrected chi connectivity index (χ0v) is 28.5. The number of nitrogens with zero attached hydrogens (tertiary/aromatic N) is 5. The first-order valence-electron chi connectivity index (χ1n) is 15.8. The quantitative estimate of drug-likeness (QED) is 0.152. The van der Waals surface area contributed by atoms with Gasteiger partial charge in [0.25, 0.3) is 11.8 Å². The number of amides is 2. The van der Waals surface area contributed by atoms with E-state index < -0.39 is 17.8 Å². The van der Waals surface area contributed by atoms with E-state index in [0.29, 0.717) is 41.2 Å². The highest BCUT2D eigenvalue weighted by Gasteiger charge is 2.36. The number of halogens is 1. The van der Waals surface area contributed by atoms with Crippen LogP contribution in [-0.4, -0.2) is 64.4 Å². The van der Waals surface area contributed by atoms with Crippen molar-refractivity contribution >= 4 is 29.3 Å². The monoisotopic (exact) mass is 694 g/mol.